The Balaban J connectivity index is 2.29. The topological polar surface area (TPSA) is 63.7 Å². The zero-order chi connectivity index (χ0) is 22.2. The number of esters is 1. The van der Waals surface area contributed by atoms with Gasteiger partial charge in [-0.1, -0.05) is 59.6 Å². The van der Waals surface area contributed by atoms with Crippen molar-refractivity contribution in [3.8, 4) is 23.7 Å². The fourth-order valence-electron chi connectivity index (χ4n) is 2.56. The summed E-state index contributed by atoms with van der Waals surface area (Å²) < 4.78 is 32.6. The van der Waals surface area contributed by atoms with Crippen LogP contribution in [0.5, 0.6) is 0 Å². The van der Waals surface area contributed by atoms with Crippen molar-refractivity contribution in [1.29, 1.82) is 0 Å². The van der Waals surface area contributed by atoms with Crippen LogP contribution in [0.1, 0.15) is 31.9 Å². The van der Waals surface area contributed by atoms with Gasteiger partial charge in [-0.15, -0.1) is 0 Å². The Labute approximate surface area is 179 Å². The van der Waals surface area contributed by atoms with Gasteiger partial charge in [-0.3, -0.25) is 4.79 Å². The summed E-state index contributed by atoms with van der Waals surface area (Å²) in [4.78, 5) is 11.4. The second-order valence-corrected chi connectivity index (χ2v) is 9.10. The largest absolute Gasteiger partial charge is 0.447 e. The van der Waals surface area contributed by atoms with Crippen LogP contribution >= 0.6 is 0 Å². The van der Waals surface area contributed by atoms with E-state index in [4.69, 9.17) is 4.74 Å². The Hall–Kier alpha value is -3.06. The molecule has 0 N–H and O–H groups in total. The maximum Gasteiger partial charge on any atom is 0.304 e. The van der Waals surface area contributed by atoms with E-state index in [9.17, 15) is 13.2 Å². The predicted octanol–water partition coefficient (Wildman–Crippen LogP) is 3.38. The number of benzene rings is 2. The Kier molecular flexibility index (Phi) is 7.83. The Morgan fingerprint density at radius 3 is 2.20 bits per heavy atom. The summed E-state index contributed by atoms with van der Waals surface area (Å²) in [6.07, 6.45) is 0. The van der Waals surface area contributed by atoms with E-state index in [2.05, 4.69) is 23.7 Å². The van der Waals surface area contributed by atoms with Gasteiger partial charge in [0.25, 0.3) is 0 Å². The molecular weight excluding hydrogens is 398 g/mol. The molecule has 2 rings (SSSR count). The number of rotatable bonds is 5. The number of aryl methyl sites for hydroxylation is 1. The van der Waals surface area contributed by atoms with E-state index in [-0.39, 0.29) is 18.0 Å². The molecule has 30 heavy (non-hydrogen) atoms. The third kappa shape index (κ3) is 7.08. The molecule has 0 unspecified atom stereocenters. The minimum atomic E-state index is -3.79. The van der Waals surface area contributed by atoms with Crippen molar-refractivity contribution in [1.82, 2.24) is 4.31 Å². The number of ether oxygens (including phenoxy) is 1. The molecule has 0 spiro atoms. The molecule has 0 saturated heterocycles. The highest BCUT2D eigenvalue weighted by Gasteiger charge is 2.23. The molecule has 0 amide bonds. The monoisotopic (exact) mass is 423 g/mol. The van der Waals surface area contributed by atoms with E-state index in [0.29, 0.717) is 0 Å². The van der Waals surface area contributed by atoms with Crippen LogP contribution in [-0.4, -0.2) is 37.4 Å². The standard InChI is InChI=1S/C24H25NO4S/c1-20-13-15-23(16-14-20)30(27,28)25(18-8-12-22-10-6-5-7-11-22)19-9-17-24(3,4)29-21(2)26/h5-7,10-11,13-16H,18-19H2,1-4H3. The Bertz CT molecular complexity index is 1100. The third-order valence-corrected chi connectivity index (χ3v) is 5.77. The fraction of sp³-hybridized carbons (Fsp3) is 0.292. The lowest BCUT2D eigenvalue weighted by Gasteiger charge is -2.19. The van der Waals surface area contributed by atoms with E-state index < -0.39 is 21.6 Å². The number of sulfonamides is 1. The molecule has 2 aromatic rings. The van der Waals surface area contributed by atoms with Gasteiger partial charge in [0, 0.05) is 12.5 Å². The van der Waals surface area contributed by atoms with E-state index in [1.807, 2.05) is 37.3 Å². The highest BCUT2D eigenvalue weighted by molar-refractivity contribution is 7.89. The van der Waals surface area contributed by atoms with Crippen molar-refractivity contribution in [2.45, 2.75) is 38.2 Å². The van der Waals surface area contributed by atoms with Gasteiger partial charge in [0.15, 0.2) is 5.60 Å². The van der Waals surface area contributed by atoms with Crippen LogP contribution in [0.2, 0.25) is 0 Å². The average Bonchev–Trinajstić information content (AvgIpc) is 2.67. The highest BCUT2D eigenvalue weighted by atomic mass is 32.2. The van der Waals surface area contributed by atoms with E-state index >= 15 is 0 Å². The number of carbonyl (C=O) groups excluding carboxylic acids is 1. The van der Waals surface area contributed by atoms with Crippen molar-refractivity contribution in [2.24, 2.45) is 0 Å². The molecule has 0 saturated carbocycles. The first-order chi connectivity index (χ1) is 14.1. The second-order valence-electron chi connectivity index (χ2n) is 7.16. The lowest BCUT2D eigenvalue weighted by atomic mass is 10.1. The SMILES string of the molecule is CC(=O)OC(C)(C)C#CCN(CC#Cc1ccccc1)S(=O)(=O)c1ccc(C)cc1. The molecule has 0 atom stereocenters. The van der Waals surface area contributed by atoms with Crippen LogP contribution in [0.25, 0.3) is 0 Å². The Morgan fingerprint density at radius 2 is 1.60 bits per heavy atom. The number of hydrogen-bond acceptors (Lipinski definition) is 4. The van der Waals surface area contributed by atoms with Crippen molar-refractivity contribution in [3.05, 3.63) is 65.7 Å². The molecule has 0 heterocycles. The van der Waals surface area contributed by atoms with Crippen molar-refractivity contribution >= 4 is 16.0 Å². The minimum Gasteiger partial charge on any atom is -0.447 e. The minimum absolute atomic E-state index is 0.0201. The Morgan fingerprint density at radius 1 is 1.00 bits per heavy atom. The molecule has 0 bridgehead atoms. The van der Waals surface area contributed by atoms with Crippen LogP contribution in [0.15, 0.2) is 59.5 Å². The highest BCUT2D eigenvalue weighted by Crippen LogP contribution is 2.16. The quantitative estimate of drug-likeness (QED) is 0.546. The summed E-state index contributed by atoms with van der Waals surface area (Å²) in [5.74, 6) is 11.1. The first kappa shape index (κ1) is 23.2. The second kappa shape index (κ2) is 10.1. The van der Waals surface area contributed by atoms with Crippen LogP contribution in [-0.2, 0) is 19.6 Å². The van der Waals surface area contributed by atoms with Gasteiger partial charge in [0.05, 0.1) is 18.0 Å². The molecule has 0 fully saturated rings. The van der Waals surface area contributed by atoms with Crippen LogP contribution < -0.4 is 0 Å². The zero-order valence-electron chi connectivity index (χ0n) is 17.6. The molecule has 156 valence electrons. The van der Waals surface area contributed by atoms with Crippen LogP contribution in [0.4, 0.5) is 0 Å². The number of nitrogens with zero attached hydrogens (tertiary/aromatic N) is 1. The molecule has 0 aliphatic heterocycles. The summed E-state index contributed by atoms with van der Waals surface area (Å²) >= 11 is 0. The van der Waals surface area contributed by atoms with E-state index in [1.54, 1.807) is 38.1 Å². The average molecular weight is 424 g/mol. The van der Waals surface area contributed by atoms with E-state index in [0.717, 1.165) is 11.1 Å². The summed E-state index contributed by atoms with van der Waals surface area (Å²) in [7, 11) is -3.79. The van der Waals surface area contributed by atoms with Gasteiger partial charge >= 0.3 is 5.97 Å². The van der Waals surface area contributed by atoms with Gasteiger partial charge in [-0.05, 0) is 45.0 Å². The van der Waals surface area contributed by atoms with Crippen molar-refractivity contribution in [3.63, 3.8) is 0 Å². The van der Waals surface area contributed by atoms with Crippen LogP contribution in [0, 0.1) is 30.6 Å². The third-order valence-electron chi connectivity index (χ3n) is 3.96. The smallest absolute Gasteiger partial charge is 0.304 e. The molecule has 2 aromatic carbocycles. The van der Waals surface area contributed by atoms with Gasteiger partial charge in [-0.2, -0.15) is 4.31 Å². The number of carbonyl (C=O) groups is 1. The summed E-state index contributed by atoms with van der Waals surface area (Å²) in [5, 5.41) is 0. The molecule has 0 aliphatic carbocycles. The molecule has 0 aromatic heterocycles. The maximum absolute atomic E-state index is 13.1. The first-order valence-electron chi connectivity index (χ1n) is 9.40. The summed E-state index contributed by atoms with van der Waals surface area (Å²) in [6, 6.07) is 16.0. The fourth-order valence-corrected chi connectivity index (χ4v) is 3.81. The summed E-state index contributed by atoms with van der Waals surface area (Å²) in [5.41, 5.74) is 0.750. The molecule has 5 nitrogen and oxygen atoms in total. The lowest BCUT2D eigenvalue weighted by molar-refractivity contribution is -0.148. The van der Waals surface area contributed by atoms with Gasteiger partial charge in [0.2, 0.25) is 10.0 Å². The lowest BCUT2D eigenvalue weighted by Crippen LogP contribution is -2.32. The predicted molar refractivity (Wildman–Crippen MR) is 117 cm³/mol. The van der Waals surface area contributed by atoms with Crippen LogP contribution in [0.3, 0.4) is 0 Å². The van der Waals surface area contributed by atoms with E-state index in [1.165, 1.54) is 11.2 Å². The molecule has 0 aliphatic rings. The summed E-state index contributed by atoms with van der Waals surface area (Å²) in [6.45, 7) is 6.39. The maximum atomic E-state index is 13.1. The normalized spacial score (nSPS) is 11.1. The molecule has 6 heteroatoms. The van der Waals surface area contributed by atoms with Crippen molar-refractivity contribution < 1.29 is 17.9 Å². The van der Waals surface area contributed by atoms with Gasteiger partial charge in [0.1, 0.15) is 0 Å². The number of hydrogen-bond donors (Lipinski definition) is 0. The zero-order valence-corrected chi connectivity index (χ0v) is 18.4. The molecular formula is C24H25NO4S. The van der Waals surface area contributed by atoms with Crippen molar-refractivity contribution in [2.75, 3.05) is 13.1 Å². The molecule has 0 radical (unpaired) electrons. The van der Waals surface area contributed by atoms with Gasteiger partial charge in [-0.25, -0.2) is 8.42 Å². The first-order valence-corrected chi connectivity index (χ1v) is 10.8. The van der Waals surface area contributed by atoms with Gasteiger partial charge < -0.3 is 4.74 Å².